The molecule has 10 heteroatoms. The Balaban J connectivity index is 1.42. The van der Waals surface area contributed by atoms with Crippen molar-refractivity contribution >= 4 is 35.3 Å². The summed E-state index contributed by atoms with van der Waals surface area (Å²) >= 11 is 0. The van der Waals surface area contributed by atoms with Gasteiger partial charge in [0.15, 0.2) is 0 Å². The summed E-state index contributed by atoms with van der Waals surface area (Å²) in [5.41, 5.74) is 1.56. The monoisotopic (exact) mass is 436 g/mol. The number of imide groups is 2. The second kappa shape index (κ2) is 8.50. The summed E-state index contributed by atoms with van der Waals surface area (Å²) in [6.45, 7) is 0.209. The fourth-order valence-corrected chi connectivity index (χ4v) is 3.71. The van der Waals surface area contributed by atoms with E-state index in [0.717, 1.165) is 0 Å². The molecule has 1 atom stereocenters. The Morgan fingerprint density at radius 3 is 2.53 bits per heavy atom. The topological polar surface area (TPSA) is 134 Å². The number of urea groups is 1. The van der Waals surface area contributed by atoms with E-state index < -0.39 is 29.8 Å². The highest BCUT2D eigenvalue weighted by atomic mass is 16.5. The Bertz CT molecular complexity index is 1130. The highest BCUT2D eigenvalue weighted by molar-refractivity contribution is 6.10. The lowest BCUT2D eigenvalue weighted by atomic mass is 10.0. The van der Waals surface area contributed by atoms with Crippen molar-refractivity contribution in [2.75, 3.05) is 12.4 Å². The van der Waals surface area contributed by atoms with Crippen molar-refractivity contribution in [1.29, 1.82) is 0 Å². The maximum atomic E-state index is 12.9. The van der Waals surface area contributed by atoms with Gasteiger partial charge in [0.05, 0.1) is 7.11 Å². The van der Waals surface area contributed by atoms with Crippen molar-refractivity contribution in [3.05, 3.63) is 59.2 Å². The Hall–Kier alpha value is -4.21. The molecule has 1 fully saturated rings. The molecule has 0 saturated carbocycles. The fraction of sp³-hybridized carbons (Fsp3) is 0.227. The highest BCUT2D eigenvalue weighted by Crippen LogP contribution is 2.28. The van der Waals surface area contributed by atoms with Crippen molar-refractivity contribution in [2.45, 2.75) is 25.4 Å². The van der Waals surface area contributed by atoms with E-state index in [1.54, 1.807) is 30.3 Å². The molecule has 2 aliphatic heterocycles. The van der Waals surface area contributed by atoms with Crippen LogP contribution in [0.2, 0.25) is 0 Å². The molecule has 0 aromatic heterocycles. The summed E-state index contributed by atoms with van der Waals surface area (Å²) in [6, 6.07) is 9.65. The number of ether oxygens (including phenoxy) is 1. The average Bonchev–Trinajstić information content (AvgIpc) is 3.10. The van der Waals surface area contributed by atoms with Crippen LogP contribution in [0.5, 0.6) is 5.75 Å². The van der Waals surface area contributed by atoms with Gasteiger partial charge in [-0.15, -0.1) is 0 Å². The van der Waals surface area contributed by atoms with Crippen LogP contribution in [-0.4, -0.2) is 47.7 Å². The van der Waals surface area contributed by atoms with E-state index in [1.165, 1.54) is 24.1 Å². The molecule has 0 bridgehead atoms. The number of nitrogens with zero attached hydrogens (tertiary/aromatic N) is 1. The molecule has 2 aromatic carbocycles. The van der Waals surface area contributed by atoms with E-state index in [2.05, 4.69) is 16.0 Å². The fourth-order valence-electron chi connectivity index (χ4n) is 3.71. The molecule has 1 unspecified atom stereocenters. The van der Waals surface area contributed by atoms with Crippen LogP contribution in [0.25, 0.3) is 0 Å². The third kappa shape index (κ3) is 4.15. The lowest BCUT2D eigenvalue weighted by Gasteiger charge is -2.29. The van der Waals surface area contributed by atoms with Crippen molar-refractivity contribution in [2.24, 2.45) is 0 Å². The first-order valence-electron chi connectivity index (χ1n) is 9.89. The van der Waals surface area contributed by atoms with Crippen molar-refractivity contribution in [3.63, 3.8) is 0 Å². The standard InChI is InChI=1S/C22H20N4O6/c1-32-15-6-4-14(5-7-15)23-22(31)25-19(28)12-2-3-13-11-26(21(30)16(13)10-12)17-8-9-18(27)24-20(17)29/h2-7,10,17H,8-9,11H2,1H3,(H,24,27,29)(H2,23,25,28,31). The minimum atomic E-state index is -0.736. The average molecular weight is 436 g/mol. The quantitative estimate of drug-likeness (QED) is 0.621. The normalized spacial score (nSPS) is 17.5. The van der Waals surface area contributed by atoms with Crippen molar-refractivity contribution in [1.82, 2.24) is 15.5 Å². The summed E-state index contributed by atoms with van der Waals surface area (Å²) in [5.74, 6) is -1.31. The van der Waals surface area contributed by atoms with Gasteiger partial charge in [0.1, 0.15) is 11.8 Å². The number of anilines is 1. The molecule has 2 aromatic rings. The molecule has 1 saturated heterocycles. The lowest BCUT2D eigenvalue weighted by Crippen LogP contribution is -2.52. The molecule has 164 valence electrons. The minimum Gasteiger partial charge on any atom is -0.497 e. The molecule has 0 aliphatic carbocycles. The smallest absolute Gasteiger partial charge is 0.326 e. The molecule has 4 rings (SSSR count). The molecule has 2 heterocycles. The molecule has 2 aliphatic rings. The van der Waals surface area contributed by atoms with E-state index in [-0.39, 0.29) is 36.4 Å². The predicted octanol–water partition coefficient (Wildman–Crippen LogP) is 1.42. The number of rotatable bonds is 4. The van der Waals surface area contributed by atoms with Crippen LogP contribution in [0.1, 0.15) is 39.1 Å². The summed E-state index contributed by atoms with van der Waals surface area (Å²) in [4.78, 5) is 62.4. The number of carbonyl (C=O) groups excluding carboxylic acids is 5. The Kier molecular flexibility index (Phi) is 5.59. The zero-order valence-corrected chi connectivity index (χ0v) is 17.1. The predicted molar refractivity (Wildman–Crippen MR) is 112 cm³/mol. The number of amides is 6. The number of methoxy groups -OCH3 is 1. The maximum absolute atomic E-state index is 12.9. The second-order valence-corrected chi connectivity index (χ2v) is 7.41. The molecular formula is C22H20N4O6. The molecule has 0 radical (unpaired) electrons. The van der Waals surface area contributed by atoms with Gasteiger partial charge in [-0.05, 0) is 48.4 Å². The first kappa shape index (κ1) is 21.0. The Morgan fingerprint density at radius 2 is 1.84 bits per heavy atom. The Morgan fingerprint density at radius 1 is 1.09 bits per heavy atom. The zero-order valence-electron chi connectivity index (χ0n) is 17.1. The molecule has 32 heavy (non-hydrogen) atoms. The summed E-state index contributed by atoms with van der Waals surface area (Å²) < 4.78 is 5.05. The molecule has 3 N–H and O–H groups in total. The van der Waals surface area contributed by atoms with E-state index in [9.17, 15) is 24.0 Å². The highest BCUT2D eigenvalue weighted by Gasteiger charge is 2.39. The SMILES string of the molecule is COc1ccc(NC(=O)NC(=O)c2ccc3c(c2)C(=O)N(C2CCC(=O)NC2=O)C3)cc1. The second-order valence-electron chi connectivity index (χ2n) is 7.41. The van der Waals surface area contributed by atoms with Crippen LogP contribution in [0.4, 0.5) is 10.5 Å². The number of piperidine rings is 1. The van der Waals surface area contributed by atoms with Gasteiger partial charge in [-0.3, -0.25) is 29.8 Å². The number of carbonyl (C=O) groups is 5. The third-order valence-electron chi connectivity index (χ3n) is 5.37. The number of hydrogen-bond donors (Lipinski definition) is 3. The van der Waals surface area contributed by atoms with Gasteiger partial charge in [-0.2, -0.15) is 0 Å². The van der Waals surface area contributed by atoms with Gasteiger partial charge in [0, 0.05) is 29.8 Å². The van der Waals surface area contributed by atoms with Gasteiger partial charge in [0.25, 0.3) is 11.8 Å². The third-order valence-corrected chi connectivity index (χ3v) is 5.37. The van der Waals surface area contributed by atoms with Crippen molar-refractivity contribution in [3.8, 4) is 5.75 Å². The van der Waals surface area contributed by atoms with Crippen LogP contribution < -0.4 is 20.7 Å². The lowest BCUT2D eigenvalue weighted by molar-refractivity contribution is -0.136. The number of fused-ring (bicyclic) bond motifs is 1. The molecule has 0 spiro atoms. The van der Waals surface area contributed by atoms with Gasteiger partial charge in [0.2, 0.25) is 11.8 Å². The van der Waals surface area contributed by atoms with Gasteiger partial charge < -0.3 is 15.0 Å². The molecular weight excluding hydrogens is 416 g/mol. The summed E-state index contributed by atoms with van der Waals surface area (Å²) in [6.07, 6.45) is 0.413. The molecule has 6 amide bonds. The van der Waals surface area contributed by atoms with Crippen LogP contribution in [0, 0.1) is 0 Å². The number of benzene rings is 2. The van der Waals surface area contributed by atoms with Crippen LogP contribution >= 0.6 is 0 Å². The van der Waals surface area contributed by atoms with E-state index >= 15 is 0 Å². The van der Waals surface area contributed by atoms with Gasteiger partial charge in [-0.1, -0.05) is 6.07 Å². The van der Waals surface area contributed by atoms with Crippen LogP contribution in [0.15, 0.2) is 42.5 Å². The molecule has 10 nitrogen and oxygen atoms in total. The van der Waals surface area contributed by atoms with E-state index in [1.807, 2.05) is 0 Å². The zero-order chi connectivity index (χ0) is 22.8. The van der Waals surface area contributed by atoms with E-state index in [4.69, 9.17) is 4.74 Å². The number of hydrogen-bond acceptors (Lipinski definition) is 6. The van der Waals surface area contributed by atoms with Crippen molar-refractivity contribution < 1.29 is 28.7 Å². The summed E-state index contributed by atoms with van der Waals surface area (Å²) in [7, 11) is 1.53. The first-order chi connectivity index (χ1) is 15.4. The number of nitrogens with one attached hydrogen (secondary N) is 3. The maximum Gasteiger partial charge on any atom is 0.326 e. The summed E-state index contributed by atoms with van der Waals surface area (Å²) in [5, 5.41) is 7.00. The van der Waals surface area contributed by atoms with Gasteiger partial charge >= 0.3 is 6.03 Å². The van der Waals surface area contributed by atoms with Crippen LogP contribution in [0.3, 0.4) is 0 Å². The minimum absolute atomic E-state index is 0.132. The van der Waals surface area contributed by atoms with Gasteiger partial charge in [-0.25, -0.2) is 4.79 Å². The first-order valence-corrected chi connectivity index (χ1v) is 9.89. The van der Waals surface area contributed by atoms with Crippen LogP contribution in [-0.2, 0) is 16.1 Å². The largest absolute Gasteiger partial charge is 0.497 e. The Labute approximate surface area is 182 Å². The van der Waals surface area contributed by atoms with E-state index in [0.29, 0.717) is 17.0 Å².